The van der Waals surface area contributed by atoms with Crippen molar-refractivity contribution in [3.05, 3.63) is 0 Å². The highest BCUT2D eigenvalue weighted by atomic mass is 15.3. The summed E-state index contributed by atoms with van der Waals surface area (Å²) in [6.45, 7) is 12.8. The van der Waals surface area contributed by atoms with Gasteiger partial charge < -0.3 is 4.90 Å². The van der Waals surface area contributed by atoms with Crippen LogP contribution in [-0.4, -0.2) is 71.6 Å². The summed E-state index contributed by atoms with van der Waals surface area (Å²) < 4.78 is 0. The van der Waals surface area contributed by atoms with Crippen LogP contribution in [0, 0.1) is 5.92 Å². The fraction of sp³-hybridized carbons (Fsp3) is 1.00. The van der Waals surface area contributed by atoms with Crippen molar-refractivity contribution < 1.29 is 0 Å². The van der Waals surface area contributed by atoms with Crippen LogP contribution >= 0.6 is 0 Å². The number of hydrogen-bond acceptors (Lipinski definition) is 3. The van der Waals surface area contributed by atoms with Crippen LogP contribution in [0.5, 0.6) is 0 Å². The van der Waals surface area contributed by atoms with Crippen LogP contribution in [0.1, 0.15) is 58.8 Å². The summed E-state index contributed by atoms with van der Waals surface area (Å²) in [5.41, 5.74) is 0.614. The highest BCUT2D eigenvalue weighted by Crippen LogP contribution is 2.46. The molecule has 0 unspecified atom stereocenters. The van der Waals surface area contributed by atoms with E-state index in [1.165, 1.54) is 84.2 Å². The molecule has 0 radical (unpaired) electrons. The van der Waals surface area contributed by atoms with E-state index in [2.05, 4.69) is 28.5 Å². The SMILES string of the molecule is CC(C)N1CCC(CN2CCN(C3CCC3)CC23CC3)CC1. The summed E-state index contributed by atoms with van der Waals surface area (Å²) in [5.74, 6) is 0.961. The second kappa shape index (κ2) is 6.07. The van der Waals surface area contributed by atoms with Crippen molar-refractivity contribution in [3.8, 4) is 0 Å². The predicted octanol–water partition coefficient (Wildman–Crippen LogP) is 2.81. The number of rotatable bonds is 4. The van der Waals surface area contributed by atoms with Gasteiger partial charge in [0.25, 0.3) is 0 Å². The van der Waals surface area contributed by atoms with Crippen LogP contribution in [0.25, 0.3) is 0 Å². The molecule has 3 nitrogen and oxygen atoms in total. The van der Waals surface area contributed by atoms with E-state index in [1.807, 2.05) is 0 Å². The highest BCUT2D eigenvalue weighted by molar-refractivity contribution is 5.09. The maximum atomic E-state index is 2.91. The third-order valence-corrected chi connectivity index (χ3v) is 7.10. The number of likely N-dealkylation sites (tertiary alicyclic amines) is 1. The van der Waals surface area contributed by atoms with Crippen molar-refractivity contribution in [1.29, 1.82) is 0 Å². The fourth-order valence-corrected chi connectivity index (χ4v) is 4.97. The van der Waals surface area contributed by atoms with Crippen molar-refractivity contribution >= 4 is 0 Å². The van der Waals surface area contributed by atoms with Crippen LogP contribution in [0.15, 0.2) is 0 Å². The molecule has 0 N–H and O–H groups in total. The van der Waals surface area contributed by atoms with Crippen molar-refractivity contribution in [2.24, 2.45) is 5.92 Å². The minimum Gasteiger partial charge on any atom is -0.301 e. The Labute approximate surface area is 137 Å². The van der Waals surface area contributed by atoms with Crippen LogP contribution in [0.3, 0.4) is 0 Å². The molecule has 22 heavy (non-hydrogen) atoms. The first-order valence-electron chi connectivity index (χ1n) is 9.89. The van der Waals surface area contributed by atoms with Crippen molar-refractivity contribution in [3.63, 3.8) is 0 Å². The summed E-state index contributed by atoms with van der Waals surface area (Å²) in [4.78, 5) is 8.42. The van der Waals surface area contributed by atoms with Crippen molar-refractivity contribution in [2.45, 2.75) is 76.4 Å². The van der Waals surface area contributed by atoms with E-state index in [9.17, 15) is 0 Å². The lowest BCUT2D eigenvalue weighted by Crippen LogP contribution is -2.59. The van der Waals surface area contributed by atoms with Gasteiger partial charge in [-0.05, 0) is 71.4 Å². The Morgan fingerprint density at radius 1 is 0.955 bits per heavy atom. The summed E-state index contributed by atoms with van der Waals surface area (Å²) in [5, 5.41) is 0. The first-order valence-corrected chi connectivity index (χ1v) is 9.89. The smallest absolute Gasteiger partial charge is 0.0338 e. The Kier molecular flexibility index (Phi) is 4.25. The van der Waals surface area contributed by atoms with E-state index in [1.54, 1.807) is 0 Å². The molecule has 4 fully saturated rings. The average Bonchev–Trinajstić information content (AvgIpc) is 3.21. The van der Waals surface area contributed by atoms with Gasteiger partial charge in [-0.1, -0.05) is 6.42 Å². The molecule has 0 aromatic heterocycles. The number of hydrogen-bond donors (Lipinski definition) is 0. The lowest BCUT2D eigenvalue weighted by Gasteiger charge is -2.49. The molecule has 0 bridgehead atoms. The van der Waals surface area contributed by atoms with Crippen LogP contribution < -0.4 is 0 Å². The molecule has 4 aliphatic rings. The average molecular weight is 306 g/mol. The Hall–Kier alpha value is -0.120. The lowest BCUT2D eigenvalue weighted by molar-refractivity contribution is -0.00133. The van der Waals surface area contributed by atoms with E-state index in [0.717, 1.165) is 18.0 Å². The summed E-state index contributed by atoms with van der Waals surface area (Å²) in [6.07, 6.45) is 10.2. The van der Waals surface area contributed by atoms with E-state index in [0.29, 0.717) is 5.54 Å². The minimum atomic E-state index is 0.614. The molecule has 0 atom stereocenters. The number of piperidine rings is 1. The van der Waals surface area contributed by atoms with Crippen LogP contribution in [0.4, 0.5) is 0 Å². The van der Waals surface area contributed by atoms with Gasteiger partial charge in [0.05, 0.1) is 0 Å². The standard InChI is InChI=1S/C19H35N3/c1-16(2)20-10-6-17(7-11-20)14-22-13-12-21(18-4-3-5-18)15-19(22)8-9-19/h16-18H,3-15H2,1-2H3. The molecule has 2 saturated heterocycles. The Balaban J connectivity index is 1.29. The highest BCUT2D eigenvalue weighted by Gasteiger charge is 2.52. The molecule has 2 heterocycles. The second-order valence-electron chi connectivity index (χ2n) is 8.80. The van der Waals surface area contributed by atoms with E-state index in [-0.39, 0.29) is 0 Å². The molecule has 0 aromatic carbocycles. The normalized spacial score (nSPS) is 31.8. The minimum absolute atomic E-state index is 0.614. The molecule has 0 aromatic rings. The molecule has 4 rings (SSSR count). The monoisotopic (exact) mass is 305 g/mol. The number of nitrogens with zero attached hydrogens (tertiary/aromatic N) is 3. The molecule has 2 saturated carbocycles. The van der Waals surface area contributed by atoms with Gasteiger partial charge in [-0.25, -0.2) is 0 Å². The van der Waals surface area contributed by atoms with Gasteiger partial charge in [-0.3, -0.25) is 9.80 Å². The molecule has 2 aliphatic heterocycles. The van der Waals surface area contributed by atoms with E-state index in [4.69, 9.17) is 0 Å². The van der Waals surface area contributed by atoms with Crippen LogP contribution in [0.2, 0.25) is 0 Å². The van der Waals surface area contributed by atoms with Crippen LogP contribution in [-0.2, 0) is 0 Å². The maximum Gasteiger partial charge on any atom is 0.0338 e. The predicted molar refractivity (Wildman–Crippen MR) is 92.2 cm³/mol. The third kappa shape index (κ3) is 2.97. The molecular weight excluding hydrogens is 270 g/mol. The van der Waals surface area contributed by atoms with Gasteiger partial charge >= 0.3 is 0 Å². The van der Waals surface area contributed by atoms with E-state index < -0.39 is 0 Å². The summed E-state index contributed by atoms with van der Waals surface area (Å²) in [6, 6.07) is 1.69. The maximum absolute atomic E-state index is 2.91. The largest absolute Gasteiger partial charge is 0.301 e. The van der Waals surface area contributed by atoms with Gasteiger partial charge in [0.2, 0.25) is 0 Å². The van der Waals surface area contributed by atoms with E-state index >= 15 is 0 Å². The van der Waals surface area contributed by atoms with Gasteiger partial charge in [0.1, 0.15) is 0 Å². The first-order chi connectivity index (χ1) is 10.7. The van der Waals surface area contributed by atoms with Gasteiger partial charge in [-0.2, -0.15) is 0 Å². The van der Waals surface area contributed by atoms with Crippen molar-refractivity contribution in [1.82, 2.24) is 14.7 Å². The molecule has 126 valence electrons. The Morgan fingerprint density at radius 3 is 2.23 bits per heavy atom. The van der Waals surface area contributed by atoms with Gasteiger partial charge in [0, 0.05) is 43.8 Å². The molecule has 3 heteroatoms. The molecule has 1 spiro atoms. The molecule has 0 amide bonds. The zero-order chi connectivity index (χ0) is 15.2. The second-order valence-corrected chi connectivity index (χ2v) is 8.80. The Morgan fingerprint density at radius 2 is 1.68 bits per heavy atom. The third-order valence-electron chi connectivity index (χ3n) is 7.10. The molecular formula is C19H35N3. The first kappa shape index (κ1) is 15.4. The van der Waals surface area contributed by atoms with Crippen molar-refractivity contribution in [2.75, 3.05) is 39.3 Å². The molecule has 2 aliphatic carbocycles. The zero-order valence-electron chi connectivity index (χ0n) is 14.8. The topological polar surface area (TPSA) is 9.72 Å². The quantitative estimate of drug-likeness (QED) is 0.791. The summed E-state index contributed by atoms with van der Waals surface area (Å²) in [7, 11) is 0. The summed E-state index contributed by atoms with van der Waals surface area (Å²) >= 11 is 0. The number of piperazine rings is 1. The Bertz CT molecular complexity index is 378. The zero-order valence-corrected chi connectivity index (χ0v) is 14.8. The van der Waals surface area contributed by atoms with Gasteiger partial charge in [-0.15, -0.1) is 0 Å². The van der Waals surface area contributed by atoms with Gasteiger partial charge in [0.15, 0.2) is 0 Å². The fourth-order valence-electron chi connectivity index (χ4n) is 4.97. The lowest BCUT2D eigenvalue weighted by atomic mass is 9.89.